The maximum absolute atomic E-state index is 13.0. The van der Waals surface area contributed by atoms with Crippen LogP contribution in [0.4, 0.5) is 8.78 Å². The van der Waals surface area contributed by atoms with E-state index in [0.717, 1.165) is 25.1 Å². The average molecular weight is 299 g/mol. The third kappa shape index (κ3) is 4.35. The van der Waals surface area contributed by atoms with Gasteiger partial charge in [-0.05, 0) is 37.7 Å². The van der Waals surface area contributed by atoms with Crippen molar-refractivity contribution in [2.45, 2.75) is 19.0 Å². The molecule has 1 saturated heterocycles. The van der Waals surface area contributed by atoms with Crippen LogP contribution in [0.5, 0.6) is 0 Å². The summed E-state index contributed by atoms with van der Waals surface area (Å²) in [6.07, 6.45) is 1.11. The summed E-state index contributed by atoms with van der Waals surface area (Å²) in [6, 6.07) is 4.59. The van der Waals surface area contributed by atoms with E-state index in [1.165, 1.54) is 12.1 Å². The lowest BCUT2D eigenvalue weighted by Gasteiger charge is -2.23. The van der Waals surface area contributed by atoms with Crippen molar-refractivity contribution in [1.82, 2.24) is 10.2 Å². The first-order valence-corrected chi connectivity index (χ1v) is 5.51. The summed E-state index contributed by atoms with van der Waals surface area (Å²) in [6.45, 7) is 2.66. The molecule has 0 bridgehead atoms. The molecule has 1 aromatic carbocycles. The highest BCUT2D eigenvalue weighted by molar-refractivity contribution is 5.85. The van der Waals surface area contributed by atoms with Gasteiger partial charge in [0, 0.05) is 19.1 Å². The molecule has 1 aliphatic heterocycles. The number of benzene rings is 1. The number of rotatable bonds is 3. The predicted molar refractivity (Wildman–Crippen MR) is 73.6 cm³/mol. The summed E-state index contributed by atoms with van der Waals surface area (Å²) >= 11 is 0. The third-order valence-corrected chi connectivity index (χ3v) is 3.07. The number of nitrogens with one attached hydrogen (secondary N) is 1. The molecule has 0 amide bonds. The summed E-state index contributed by atoms with van der Waals surface area (Å²) in [5.41, 5.74) is 0.813. The van der Waals surface area contributed by atoms with Crippen LogP contribution in [0.25, 0.3) is 0 Å². The van der Waals surface area contributed by atoms with Crippen LogP contribution in [0.2, 0.25) is 0 Å². The van der Waals surface area contributed by atoms with Crippen molar-refractivity contribution in [3.05, 3.63) is 35.4 Å². The van der Waals surface area contributed by atoms with Crippen LogP contribution in [0.15, 0.2) is 18.2 Å². The average Bonchev–Trinajstić information content (AvgIpc) is 2.77. The largest absolute Gasteiger partial charge is 0.315 e. The van der Waals surface area contributed by atoms with Crippen molar-refractivity contribution < 1.29 is 8.78 Å². The fourth-order valence-corrected chi connectivity index (χ4v) is 2.07. The van der Waals surface area contributed by atoms with Crippen molar-refractivity contribution >= 4 is 24.8 Å². The summed E-state index contributed by atoms with van der Waals surface area (Å²) in [4.78, 5) is 2.17. The Labute approximate surface area is 119 Å². The van der Waals surface area contributed by atoms with Crippen LogP contribution in [-0.4, -0.2) is 31.1 Å². The number of likely N-dealkylation sites (N-methyl/N-ethyl adjacent to an activating group) is 1. The minimum absolute atomic E-state index is 0. The Hall–Kier alpha value is -0.420. The predicted octanol–water partition coefficient (Wildman–Crippen LogP) is 2.60. The van der Waals surface area contributed by atoms with Gasteiger partial charge in [0.05, 0.1) is 0 Å². The van der Waals surface area contributed by atoms with Crippen molar-refractivity contribution in [3.8, 4) is 0 Å². The van der Waals surface area contributed by atoms with Gasteiger partial charge in [0.25, 0.3) is 0 Å². The number of nitrogens with zero attached hydrogens (tertiary/aromatic N) is 1. The third-order valence-electron chi connectivity index (χ3n) is 3.07. The van der Waals surface area contributed by atoms with E-state index in [2.05, 4.69) is 10.2 Å². The van der Waals surface area contributed by atoms with Crippen LogP contribution in [0.3, 0.4) is 0 Å². The van der Waals surface area contributed by atoms with E-state index in [1.54, 1.807) is 6.07 Å². The zero-order valence-electron chi connectivity index (χ0n) is 10.2. The monoisotopic (exact) mass is 298 g/mol. The van der Waals surface area contributed by atoms with Crippen LogP contribution >= 0.6 is 24.8 Å². The molecule has 2 rings (SSSR count). The lowest BCUT2D eigenvalue weighted by molar-refractivity contribution is 0.248. The highest BCUT2D eigenvalue weighted by Gasteiger charge is 2.19. The maximum Gasteiger partial charge on any atom is 0.159 e. The lowest BCUT2D eigenvalue weighted by Crippen LogP contribution is -2.32. The van der Waals surface area contributed by atoms with Crippen molar-refractivity contribution in [3.63, 3.8) is 0 Å². The van der Waals surface area contributed by atoms with Crippen LogP contribution in [0, 0.1) is 11.6 Å². The molecule has 104 valence electrons. The Morgan fingerprint density at radius 3 is 2.56 bits per heavy atom. The fraction of sp³-hybridized carbons (Fsp3) is 0.500. The molecule has 0 aromatic heterocycles. The quantitative estimate of drug-likeness (QED) is 0.923. The number of hydrogen-bond acceptors (Lipinski definition) is 2. The van der Waals surface area contributed by atoms with E-state index < -0.39 is 11.6 Å². The van der Waals surface area contributed by atoms with Gasteiger partial charge in [-0.2, -0.15) is 0 Å². The van der Waals surface area contributed by atoms with Crippen molar-refractivity contribution in [1.29, 1.82) is 0 Å². The molecule has 1 fully saturated rings. The van der Waals surface area contributed by atoms with E-state index in [1.807, 2.05) is 7.05 Å². The molecule has 0 radical (unpaired) electrons. The molecule has 0 saturated carbocycles. The summed E-state index contributed by atoms with van der Waals surface area (Å²) in [5.74, 6) is -1.55. The molecular weight excluding hydrogens is 281 g/mol. The van der Waals surface area contributed by atoms with Gasteiger partial charge < -0.3 is 5.32 Å². The van der Waals surface area contributed by atoms with Gasteiger partial charge in [-0.1, -0.05) is 6.07 Å². The Kier molecular flexibility index (Phi) is 7.71. The molecule has 0 spiro atoms. The first-order valence-electron chi connectivity index (χ1n) is 5.51. The van der Waals surface area contributed by atoms with Gasteiger partial charge in [0.15, 0.2) is 11.6 Å². The Bertz CT molecular complexity index is 371. The van der Waals surface area contributed by atoms with Crippen LogP contribution in [0.1, 0.15) is 12.0 Å². The highest BCUT2D eigenvalue weighted by atomic mass is 35.5. The molecule has 6 heteroatoms. The van der Waals surface area contributed by atoms with Gasteiger partial charge >= 0.3 is 0 Å². The van der Waals surface area contributed by atoms with E-state index in [-0.39, 0.29) is 24.8 Å². The Balaban J connectivity index is 0.00000144. The summed E-state index contributed by atoms with van der Waals surface area (Å²) in [5, 5.41) is 3.28. The summed E-state index contributed by atoms with van der Waals surface area (Å²) < 4.78 is 25.7. The van der Waals surface area contributed by atoms with E-state index in [9.17, 15) is 8.78 Å². The van der Waals surface area contributed by atoms with Crippen LogP contribution < -0.4 is 5.32 Å². The molecule has 0 aliphatic carbocycles. The fourth-order valence-electron chi connectivity index (χ4n) is 2.07. The first-order chi connectivity index (χ1) is 7.66. The lowest BCUT2D eigenvalue weighted by atomic mass is 10.1. The second-order valence-electron chi connectivity index (χ2n) is 4.31. The zero-order chi connectivity index (χ0) is 11.5. The SMILES string of the molecule is CN(Cc1ccc(F)c(F)c1)C1CCNC1.Cl.Cl. The molecular formula is C12H18Cl2F2N2. The zero-order valence-corrected chi connectivity index (χ0v) is 11.8. The standard InChI is InChI=1S/C12H16F2N2.2ClH/c1-16(10-4-5-15-7-10)8-9-2-3-11(13)12(14)6-9;;/h2-3,6,10,15H,4-5,7-8H2,1H3;2*1H. The van der Waals surface area contributed by atoms with E-state index in [0.29, 0.717) is 12.6 Å². The van der Waals surface area contributed by atoms with E-state index in [4.69, 9.17) is 0 Å². The number of hydrogen-bond donors (Lipinski definition) is 1. The topological polar surface area (TPSA) is 15.3 Å². The summed E-state index contributed by atoms with van der Waals surface area (Å²) in [7, 11) is 2.01. The van der Waals surface area contributed by atoms with E-state index >= 15 is 0 Å². The van der Waals surface area contributed by atoms with Crippen LogP contribution in [-0.2, 0) is 6.54 Å². The first kappa shape index (κ1) is 17.6. The smallest absolute Gasteiger partial charge is 0.159 e. The second kappa shape index (κ2) is 7.89. The molecule has 1 aliphatic rings. The second-order valence-corrected chi connectivity index (χ2v) is 4.31. The normalized spacial score (nSPS) is 18.3. The van der Waals surface area contributed by atoms with Crippen molar-refractivity contribution in [2.75, 3.05) is 20.1 Å². The maximum atomic E-state index is 13.0. The van der Waals surface area contributed by atoms with Crippen molar-refractivity contribution in [2.24, 2.45) is 0 Å². The minimum Gasteiger partial charge on any atom is -0.315 e. The molecule has 18 heavy (non-hydrogen) atoms. The Morgan fingerprint density at radius 1 is 1.28 bits per heavy atom. The van der Waals surface area contributed by atoms with Gasteiger partial charge in [-0.3, -0.25) is 4.90 Å². The highest BCUT2D eigenvalue weighted by Crippen LogP contribution is 2.13. The number of halogens is 4. The minimum atomic E-state index is -0.783. The molecule has 2 nitrogen and oxygen atoms in total. The molecule has 1 N–H and O–H groups in total. The molecule has 1 atom stereocenters. The Morgan fingerprint density at radius 2 is 2.00 bits per heavy atom. The van der Waals surface area contributed by atoms with Gasteiger partial charge in [0.2, 0.25) is 0 Å². The van der Waals surface area contributed by atoms with Gasteiger partial charge in [-0.25, -0.2) is 8.78 Å². The molecule has 1 aromatic rings. The molecule has 1 heterocycles. The van der Waals surface area contributed by atoms with Gasteiger partial charge in [0.1, 0.15) is 0 Å². The van der Waals surface area contributed by atoms with Gasteiger partial charge in [-0.15, -0.1) is 24.8 Å². The molecule has 1 unspecified atom stereocenters.